The monoisotopic (exact) mass is 380 g/mol. The Hall–Kier alpha value is -2.85. The number of nitrogens with one attached hydrogen (secondary N) is 1. The van der Waals surface area contributed by atoms with Crippen molar-refractivity contribution in [2.75, 3.05) is 18.4 Å². The summed E-state index contributed by atoms with van der Waals surface area (Å²) in [6, 6.07) is 18.4. The van der Waals surface area contributed by atoms with Gasteiger partial charge in [-0.2, -0.15) is 0 Å². The SMILES string of the molecule is CCN(CC)C(=O)c1ccc(NC(=O)c2ccc3ccccc3c2)cc1Cl. The van der Waals surface area contributed by atoms with Gasteiger partial charge in [-0.3, -0.25) is 9.59 Å². The molecule has 5 heteroatoms. The first kappa shape index (κ1) is 18.9. The zero-order valence-electron chi connectivity index (χ0n) is 15.3. The first-order valence-electron chi connectivity index (χ1n) is 8.92. The van der Waals surface area contributed by atoms with Crippen LogP contribution in [0.15, 0.2) is 60.7 Å². The minimum atomic E-state index is -0.223. The van der Waals surface area contributed by atoms with Crippen molar-refractivity contribution >= 4 is 39.9 Å². The molecule has 0 fully saturated rings. The standard InChI is InChI=1S/C22H21ClN2O2/c1-3-25(4-2)22(27)19-12-11-18(14-20(19)23)24-21(26)17-10-9-15-7-5-6-8-16(15)13-17/h5-14H,3-4H2,1-2H3,(H,24,26). The second-order valence-corrected chi connectivity index (χ2v) is 6.60. The summed E-state index contributed by atoms with van der Waals surface area (Å²) in [5, 5.41) is 5.24. The largest absolute Gasteiger partial charge is 0.339 e. The van der Waals surface area contributed by atoms with Gasteiger partial charge in [-0.1, -0.05) is 41.9 Å². The molecule has 27 heavy (non-hydrogen) atoms. The van der Waals surface area contributed by atoms with Gasteiger partial charge >= 0.3 is 0 Å². The van der Waals surface area contributed by atoms with E-state index in [1.807, 2.05) is 50.2 Å². The molecule has 0 aliphatic rings. The van der Waals surface area contributed by atoms with Gasteiger partial charge in [0.05, 0.1) is 10.6 Å². The third-order valence-electron chi connectivity index (χ3n) is 4.52. The lowest BCUT2D eigenvalue weighted by Crippen LogP contribution is -2.30. The van der Waals surface area contributed by atoms with Gasteiger partial charge in [0.25, 0.3) is 11.8 Å². The highest BCUT2D eigenvalue weighted by Gasteiger charge is 2.16. The fraction of sp³-hybridized carbons (Fsp3) is 0.182. The second-order valence-electron chi connectivity index (χ2n) is 6.19. The van der Waals surface area contributed by atoms with E-state index in [9.17, 15) is 9.59 Å². The molecule has 2 amide bonds. The first-order chi connectivity index (χ1) is 13.0. The van der Waals surface area contributed by atoms with Crippen molar-refractivity contribution in [2.45, 2.75) is 13.8 Å². The summed E-state index contributed by atoms with van der Waals surface area (Å²) in [6.07, 6.45) is 0. The van der Waals surface area contributed by atoms with Gasteiger partial charge in [0.15, 0.2) is 0 Å². The zero-order chi connectivity index (χ0) is 19.4. The number of hydrogen-bond donors (Lipinski definition) is 1. The Morgan fingerprint density at radius 3 is 2.30 bits per heavy atom. The number of anilines is 1. The highest BCUT2D eigenvalue weighted by molar-refractivity contribution is 6.34. The van der Waals surface area contributed by atoms with Gasteiger partial charge in [0, 0.05) is 24.3 Å². The predicted molar refractivity (Wildman–Crippen MR) is 111 cm³/mol. The topological polar surface area (TPSA) is 49.4 Å². The van der Waals surface area contributed by atoms with E-state index in [0.717, 1.165) is 10.8 Å². The molecule has 0 saturated heterocycles. The Balaban J connectivity index is 1.79. The fourth-order valence-corrected chi connectivity index (χ4v) is 3.24. The number of benzene rings is 3. The Morgan fingerprint density at radius 1 is 0.926 bits per heavy atom. The highest BCUT2D eigenvalue weighted by atomic mass is 35.5. The number of hydrogen-bond acceptors (Lipinski definition) is 2. The van der Waals surface area contributed by atoms with E-state index in [-0.39, 0.29) is 11.8 Å². The van der Waals surface area contributed by atoms with Crippen molar-refractivity contribution < 1.29 is 9.59 Å². The summed E-state index contributed by atoms with van der Waals surface area (Å²) in [7, 11) is 0. The van der Waals surface area contributed by atoms with Crippen LogP contribution in [0.3, 0.4) is 0 Å². The molecule has 0 unspecified atom stereocenters. The van der Waals surface area contributed by atoms with Crippen molar-refractivity contribution in [3.8, 4) is 0 Å². The zero-order valence-corrected chi connectivity index (χ0v) is 16.1. The summed E-state index contributed by atoms with van der Waals surface area (Å²) < 4.78 is 0. The van der Waals surface area contributed by atoms with Crippen LogP contribution in [0.4, 0.5) is 5.69 Å². The van der Waals surface area contributed by atoms with Gasteiger partial charge < -0.3 is 10.2 Å². The van der Waals surface area contributed by atoms with Crippen LogP contribution in [-0.4, -0.2) is 29.8 Å². The van der Waals surface area contributed by atoms with Gasteiger partial charge in [-0.05, 0) is 55.0 Å². The second kappa shape index (κ2) is 8.23. The Morgan fingerprint density at radius 2 is 1.63 bits per heavy atom. The molecule has 0 aliphatic heterocycles. The number of nitrogens with zero attached hydrogens (tertiary/aromatic N) is 1. The number of carbonyl (C=O) groups is 2. The maximum absolute atomic E-state index is 12.6. The molecule has 0 aliphatic carbocycles. The van der Waals surface area contributed by atoms with Crippen LogP contribution in [0.1, 0.15) is 34.6 Å². The van der Waals surface area contributed by atoms with Crippen LogP contribution >= 0.6 is 11.6 Å². The van der Waals surface area contributed by atoms with Crippen molar-refractivity contribution in [3.05, 3.63) is 76.8 Å². The van der Waals surface area contributed by atoms with E-state index in [1.54, 1.807) is 29.2 Å². The molecular weight excluding hydrogens is 360 g/mol. The van der Waals surface area contributed by atoms with E-state index < -0.39 is 0 Å². The Bertz CT molecular complexity index is 997. The predicted octanol–water partition coefficient (Wildman–Crippen LogP) is 5.23. The molecule has 3 rings (SSSR count). The molecule has 0 aromatic heterocycles. The van der Waals surface area contributed by atoms with Crippen LogP contribution in [-0.2, 0) is 0 Å². The summed E-state index contributed by atoms with van der Waals surface area (Å²) in [5.41, 5.74) is 1.55. The number of amides is 2. The van der Waals surface area contributed by atoms with Gasteiger partial charge in [0.2, 0.25) is 0 Å². The van der Waals surface area contributed by atoms with Gasteiger partial charge in [-0.15, -0.1) is 0 Å². The third kappa shape index (κ3) is 4.12. The molecule has 0 atom stereocenters. The van der Waals surface area contributed by atoms with E-state index >= 15 is 0 Å². The molecule has 0 saturated carbocycles. The van der Waals surface area contributed by atoms with E-state index in [0.29, 0.717) is 34.9 Å². The number of rotatable bonds is 5. The molecule has 1 N–H and O–H groups in total. The molecule has 138 valence electrons. The van der Waals surface area contributed by atoms with Crippen LogP contribution < -0.4 is 5.32 Å². The lowest BCUT2D eigenvalue weighted by Gasteiger charge is -2.19. The number of fused-ring (bicyclic) bond motifs is 1. The summed E-state index contributed by atoms with van der Waals surface area (Å²) >= 11 is 6.29. The lowest BCUT2D eigenvalue weighted by atomic mass is 10.1. The molecular formula is C22H21ClN2O2. The van der Waals surface area contributed by atoms with Crippen LogP contribution in [0.2, 0.25) is 5.02 Å². The molecule has 4 nitrogen and oxygen atoms in total. The molecule has 0 spiro atoms. The Labute approximate surface area is 163 Å². The maximum atomic E-state index is 12.6. The number of halogens is 1. The number of carbonyl (C=O) groups excluding carboxylic acids is 2. The van der Waals surface area contributed by atoms with Crippen LogP contribution in [0.5, 0.6) is 0 Å². The van der Waals surface area contributed by atoms with Gasteiger partial charge in [0.1, 0.15) is 0 Å². The Kier molecular flexibility index (Phi) is 5.77. The van der Waals surface area contributed by atoms with Crippen molar-refractivity contribution in [2.24, 2.45) is 0 Å². The average Bonchev–Trinajstić information content (AvgIpc) is 2.68. The summed E-state index contributed by atoms with van der Waals surface area (Å²) in [6.45, 7) is 5.08. The molecule has 3 aromatic carbocycles. The van der Waals surface area contributed by atoms with Crippen LogP contribution in [0.25, 0.3) is 10.8 Å². The quantitative estimate of drug-likeness (QED) is 0.659. The highest BCUT2D eigenvalue weighted by Crippen LogP contribution is 2.23. The smallest absolute Gasteiger partial charge is 0.255 e. The van der Waals surface area contributed by atoms with Gasteiger partial charge in [-0.25, -0.2) is 0 Å². The average molecular weight is 381 g/mol. The van der Waals surface area contributed by atoms with E-state index in [1.165, 1.54) is 0 Å². The minimum Gasteiger partial charge on any atom is -0.339 e. The molecule has 3 aromatic rings. The first-order valence-corrected chi connectivity index (χ1v) is 9.30. The molecule has 0 heterocycles. The van der Waals surface area contributed by atoms with E-state index in [4.69, 9.17) is 11.6 Å². The molecule has 0 radical (unpaired) electrons. The minimum absolute atomic E-state index is 0.114. The molecule has 0 bridgehead atoms. The normalized spacial score (nSPS) is 10.6. The summed E-state index contributed by atoms with van der Waals surface area (Å²) in [4.78, 5) is 26.7. The van der Waals surface area contributed by atoms with Crippen LogP contribution in [0, 0.1) is 0 Å². The van der Waals surface area contributed by atoms with Crippen molar-refractivity contribution in [1.82, 2.24) is 4.90 Å². The van der Waals surface area contributed by atoms with Crippen molar-refractivity contribution in [1.29, 1.82) is 0 Å². The van der Waals surface area contributed by atoms with E-state index in [2.05, 4.69) is 5.32 Å². The fourth-order valence-electron chi connectivity index (χ4n) is 2.98. The lowest BCUT2D eigenvalue weighted by molar-refractivity contribution is 0.0773. The summed E-state index contributed by atoms with van der Waals surface area (Å²) in [5.74, 6) is -0.336. The van der Waals surface area contributed by atoms with Crippen molar-refractivity contribution in [3.63, 3.8) is 0 Å². The maximum Gasteiger partial charge on any atom is 0.255 e. The third-order valence-corrected chi connectivity index (χ3v) is 4.83.